The molecule has 2 heterocycles. The van der Waals surface area contributed by atoms with Gasteiger partial charge in [-0.05, 0) is 6.92 Å². The fraction of sp³-hybridized carbons (Fsp3) is 0.727. The van der Waals surface area contributed by atoms with Crippen molar-refractivity contribution in [2.24, 2.45) is 0 Å². The minimum absolute atomic E-state index is 0.126. The number of amides is 2. The van der Waals surface area contributed by atoms with Crippen LogP contribution in [0.25, 0.3) is 0 Å². The molecule has 1 aromatic heterocycles. The van der Waals surface area contributed by atoms with Gasteiger partial charge in [0.15, 0.2) is 5.82 Å². The molecule has 3 N–H and O–H groups in total. The first-order valence-electron chi connectivity index (χ1n) is 6.79. The molecule has 0 bridgehead atoms. The molecular weight excluding hydrogens is 278 g/mol. The van der Waals surface area contributed by atoms with Crippen LogP contribution >= 0.6 is 0 Å². The van der Waals surface area contributed by atoms with Gasteiger partial charge in [-0.1, -0.05) is 5.21 Å². The number of hydrogen-bond donors (Lipinski definition) is 3. The molecule has 2 rings (SSSR count). The number of piperazine rings is 1. The standard InChI is InChI=1S/C11H19N7O3/c1-8(10-13-15-16-14-10)12-11(21)18-6-4-17(5-7-18)3-2-9(19)20/h8H,2-7H2,1H3,(H,12,21)(H,19,20)(H,13,14,15,16). The molecule has 1 unspecified atom stereocenters. The van der Waals surface area contributed by atoms with Crippen LogP contribution in [0.3, 0.4) is 0 Å². The lowest BCUT2D eigenvalue weighted by Crippen LogP contribution is -2.52. The molecule has 1 aliphatic rings. The van der Waals surface area contributed by atoms with Crippen molar-refractivity contribution in [1.82, 2.24) is 35.7 Å². The van der Waals surface area contributed by atoms with Crippen molar-refractivity contribution >= 4 is 12.0 Å². The second kappa shape index (κ2) is 6.97. The quantitative estimate of drug-likeness (QED) is 0.640. The van der Waals surface area contributed by atoms with Crippen LogP contribution in [0.15, 0.2) is 0 Å². The molecule has 1 fully saturated rings. The number of carbonyl (C=O) groups excluding carboxylic acids is 1. The van der Waals surface area contributed by atoms with Gasteiger partial charge in [0.05, 0.1) is 12.5 Å². The van der Waals surface area contributed by atoms with Crippen molar-refractivity contribution in [3.8, 4) is 0 Å². The summed E-state index contributed by atoms with van der Waals surface area (Å²) in [4.78, 5) is 26.4. The van der Waals surface area contributed by atoms with Gasteiger partial charge in [-0.25, -0.2) is 4.79 Å². The molecule has 0 saturated carbocycles. The summed E-state index contributed by atoms with van der Waals surface area (Å²) in [6, 6.07) is -0.494. The number of nitrogens with zero attached hydrogens (tertiary/aromatic N) is 5. The Hall–Kier alpha value is -2.23. The van der Waals surface area contributed by atoms with E-state index >= 15 is 0 Å². The fourth-order valence-electron chi connectivity index (χ4n) is 2.12. The molecule has 10 nitrogen and oxygen atoms in total. The van der Waals surface area contributed by atoms with E-state index < -0.39 is 5.97 Å². The Bertz CT molecular complexity index is 470. The van der Waals surface area contributed by atoms with Gasteiger partial charge in [0.2, 0.25) is 0 Å². The Labute approximate surface area is 121 Å². The first-order valence-corrected chi connectivity index (χ1v) is 6.79. The average molecular weight is 297 g/mol. The SMILES string of the molecule is CC(NC(=O)N1CCN(CCC(=O)O)CC1)c1nn[nH]n1. The van der Waals surface area contributed by atoms with Gasteiger partial charge in [0.25, 0.3) is 0 Å². The van der Waals surface area contributed by atoms with Crippen molar-refractivity contribution in [2.45, 2.75) is 19.4 Å². The van der Waals surface area contributed by atoms with E-state index in [0.29, 0.717) is 38.5 Å². The molecule has 10 heteroatoms. The molecule has 0 spiro atoms. The van der Waals surface area contributed by atoms with Crippen LogP contribution in [-0.4, -0.2) is 80.3 Å². The van der Waals surface area contributed by atoms with Crippen molar-refractivity contribution < 1.29 is 14.7 Å². The van der Waals surface area contributed by atoms with Gasteiger partial charge in [0, 0.05) is 32.7 Å². The number of carboxylic acids is 1. The highest BCUT2D eigenvalue weighted by molar-refractivity contribution is 5.74. The second-order valence-corrected chi connectivity index (χ2v) is 4.91. The van der Waals surface area contributed by atoms with Crippen LogP contribution in [0.1, 0.15) is 25.2 Å². The fourth-order valence-corrected chi connectivity index (χ4v) is 2.12. The Morgan fingerprint density at radius 2 is 2.10 bits per heavy atom. The van der Waals surface area contributed by atoms with E-state index in [9.17, 15) is 9.59 Å². The van der Waals surface area contributed by atoms with E-state index in [1.54, 1.807) is 11.8 Å². The summed E-state index contributed by atoms with van der Waals surface area (Å²) < 4.78 is 0. The Kier molecular flexibility index (Phi) is 5.04. The first-order chi connectivity index (χ1) is 10.1. The van der Waals surface area contributed by atoms with Crippen LogP contribution in [0.2, 0.25) is 0 Å². The summed E-state index contributed by atoms with van der Waals surface area (Å²) in [7, 11) is 0. The highest BCUT2D eigenvalue weighted by atomic mass is 16.4. The molecule has 0 aliphatic carbocycles. The van der Waals surface area contributed by atoms with Crippen LogP contribution in [0.5, 0.6) is 0 Å². The van der Waals surface area contributed by atoms with Gasteiger partial charge in [0.1, 0.15) is 0 Å². The third kappa shape index (κ3) is 4.38. The smallest absolute Gasteiger partial charge is 0.318 e. The van der Waals surface area contributed by atoms with E-state index in [2.05, 4.69) is 25.9 Å². The van der Waals surface area contributed by atoms with Crippen LogP contribution < -0.4 is 5.32 Å². The number of carboxylic acid groups (broad SMARTS) is 1. The molecule has 0 radical (unpaired) electrons. The predicted octanol–water partition coefficient (Wildman–Crippen LogP) is -0.937. The monoisotopic (exact) mass is 297 g/mol. The number of aromatic amines is 1. The number of tetrazole rings is 1. The minimum Gasteiger partial charge on any atom is -0.481 e. The average Bonchev–Trinajstić information content (AvgIpc) is 3.00. The third-order valence-electron chi connectivity index (χ3n) is 3.39. The Morgan fingerprint density at radius 3 is 2.67 bits per heavy atom. The molecule has 1 saturated heterocycles. The molecular formula is C11H19N7O3. The van der Waals surface area contributed by atoms with E-state index in [0.717, 1.165) is 0 Å². The van der Waals surface area contributed by atoms with E-state index in [4.69, 9.17) is 5.11 Å². The zero-order valence-electron chi connectivity index (χ0n) is 11.8. The van der Waals surface area contributed by atoms with Gasteiger partial charge in [-0.3, -0.25) is 9.69 Å². The number of aliphatic carboxylic acids is 1. The zero-order valence-corrected chi connectivity index (χ0v) is 11.8. The van der Waals surface area contributed by atoms with Gasteiger partial charge >= 0.3 is 12.0 Å². The third-order valence-corrected chi connectivity index (χ3v) is 3.39. The minimum atomic E-state index is -0.802. The highest BCUT2D eigenvalue weighted by Gasteiger charge is 2.23. The van der Waals surface area contributed by atoms with Gasteiger partial charge in [-0.2, -0.15) is 5.21 Å². The summed E-state index contributed by atoms with van der Waals surface area (Å²) in [6.45, 7) is 4.80. The van der Waals surface area contributed by atoms with Crippen molar-refractivity contribution in [1.29, 1.82) is 0 Å². The summed E-state index contributed by atoms with van der Waals surface area (Å²) in [6.07, 6.45) is 0.126. The van der Waals surface area contributed by atoms with Gasteiger partial charge < -0.3 is 15.3 Å². The predicted molar refractivity (Wildman–Crippen MR) is 71.4 cm³/mol. The molecule has 116 valence electrons. The molecule has 21 heavy (non-hydrogen) atoms. The maximum atomic E-state index is 12.1. The van der Waals surface area contributed by atoms with E-state index in [1.807, 2.05) is 4.90 Å². The van der Waals surface area contributed by atoms with Crippen LogP contribution in [0.4, 0.5) is 4.79 Å². The van der Waals surface area contributed by atoms with E-state index in [-0.39, 0.29) is 18.5 Å². The summed E-state index contributed by atoms with van der Waals surface area (Å²) in [5, 5.41) is 24.9. The Balaban J connectivity index is 1.74. The topological polar surface area (TPSA) is 127 Å². The van der Waals surface area contributed by atoms with Crippen LogP contribution in [0, 0.1) is 0 Å². The second-order valence-electron chi connectivity index (χ2n) is 4.91. The normalized spacial score (nSPS) is 17.5. The number of rotatable bonds is 5. The Morgan fingerprint density at radius 1 is 1.38 bits per heavy atom. The maximum absolute atomic E-state index is 12.1. The zero-order chi connectivity index (χ0) is 15.2. The van der Waals surface area contributed by atoms with E-state index in [1.165, 1.54) is 0 Å². The van der Waals surface area contributed by atoms with Crippen molar-refractivity contribution in [3.63, 3.8) is 0 Å². The molecule has 2 amide bonds. The molecule has 1 aromatic rings. The lowest BCUT2D eigenvalue weighted by atomic mass is 10.3. The first kappa shape index (κ1) is 15.2. The molecule has 1 atom stereocenters. The highest BCUT2D eigenvalue weighted by Crippen LogP contribution is 2.07. The van der Waals surface area contributed by atoms with Crippen molar-refractivity contribution in [3.05, 3.63) is 5.82 Å². The number of nitrogens with one attached hydrogen (secondary N) is 2. The number of aromatic nitrogens is 4. The molecule has 0 aromatic carbocycles. The number of hydrogen-bond acceptors (Lipinski definition) is 6. The van der Waals surface area contributed by atoms with Crippen LogP contribution in [-0.2, 0) is 4.79 Å². The molecule has 1 aliphatic heterocycles. The lowest BCUT2D eigenvalue weighted by Gasteiger charge is -2.34. The number of urea groups is 1. The number of H-pyrrole nitrogens is 1. The summed E-state index contributed by atoms with van der Waals surface area (Å²) >= 11 is 0. The number of carbonyl (C=O) groups is 2. The maximum Gasteiger partial charge on any atom is 0.318 e. The summed E-state index contributed by atoms with van der Waals surface area (Å²) in [5.74, 6) is -0.368. The lowest BCUT2D eigenvalue weighted by molar-refractivity contribution is -0.137. The largest absolute Gasteiger partial charge is 0.481 e. The van der Waals surface area contributed by atoms with Crippen molar-refractivity contribution in [2.75, 3.05) is 32.7 Å². The van der Waals surface area contributed by atoms with Gasteiger partial charge in [-0.15, -0.1) is 10.2 Å². The summed E-state index contributed by atoms with van der Waals surface area (Å²) in [5.41, 5.74) is 0.